The van der Waals surface area contributed by atoms with Crippen LogP contribution in [0.25, 0.3) is 0 Å². The van der Waals surface area contributed by atoms with Crippen molar-refractivity contribution in [2.45, 2.75) is 0 Å². The number of nitrogens with zero attached hydrogens (tertiary/aromatic N) is 3. The van der Waals surface area contributed by atoms with E-state index >= 15 is 0 Å². The van der Waals surface area contributed by atoms with E-state index in [2.05, 4.69) is 10.3 Å². The first-order valence-electron chi connectivity index (χ1n) is 3.98. The quantitative estimate of drug-likeness (QED) is 0.719. The van der Waals surface area contributed by atoms with Gasteiger partial charge in [-0.25, -0.2) is 9.78 Å². The van der Waals surface area contributed by atoms with Crippen LogP contribution in [0.4, 0.5) is 10.6 Å². The van der Waals surface area contributed by atoms with Crippen molar-refractivity contribution in [3.63, 3.8) is 0 Å². The Morgan fingerprint density at radius 2 is 2.36 bits per heavy atom. The number of hydrogen-bond donors (Lipinski definition) is 1. The van der Waals surface area contributed by atoms with E-state index in [0.717, 1.165) is 0 Å². The Bertz CT molecular complexity index is 381. The smallest absolute Gasteiger partial charge is 0.322 e. The Balaban J connectivity index is 2.87. The molecule has 0 saturated heterocycles. The highest BCUT2D eigenvalue weighted by molar-refractivity contribution is 5.89. The Labute approximate surface area is 82.0 Å². The molecule has 1 rings (SSSR count). The fourth-order valence-corrected chi connectivity index (χ4v) is 0.808. The SMILES string of the molecule is CN(C)C(=O)Nc1ncccc1C#N. The maximum absolute atomic E-state index is 11.2. The highest BCUT2D eigenvalue weighted by Crippen LogP contribution is 2.09. The van der Waals surface area contributed by atoms with Gasteiger partial charge in [-0.05, 0) is 12.1 Å². The van der Waals surface area contributed by atoms with Crippen LogP contribution in [0.2, 0.25) is 0 Å². The molecule has 1 aromatic rings. The predicted octanol–water partition coefficient (Wildman–Crippen LogP) is 1.05. The lowest BCUT2D eigenvalue weighted by Crippen LogP contribution is -2.28. The van der Waals surface area contributed by atoms with Crippen molar-refractivity contribution >= 4 is 11.8 Å². The number of amides is 2. The molecule has 0 spiro atoms. The highest BCUT2D eigenvalue weighted by Gasteiger charge is 2.07. The molecule has 0 radical (unpaired) electrons. The molecule has 0 saturated carbocycles. The van der Waals surface area contributed by atoms with Crippen LogP contribution in [0.3, 0.4) is 0 Å². The van der Waals surface area contributed by atoms with E-state index in [1.807, 2.05) is 6.07 Å². The monoisotopic (exact) mass is 190 g/mol. The second kappa shape index (κ2) is 4.23. The molecule has 72 valence electrons. The van der Waals surface area contributed by atoms with Gasteiger partial charge in [-0.3, -0.25) is 5.32 Å². The molecule has 0 fully saturated rings. The van der Waals surface area contributed by atoms with E-state index in [-0.39, 0.29) is 11.8 Å². The van der Waals surface area contributed by atoms with Gasteiger partial charge in [0.25, 0.3) is 0 Å². The van der Waals surface area contributed by atoms with E-state index in [0.29, 0.717) is 5.56 Å². The number of nitriles is 1. The molecule has 0 atom stereocenters. The summed E-state index contributed by atoms with van der Waals surface area (Å²) in [6.07, 6.45) is 1.52. The highest BCUT2D eigenvalue weighted by atomic mass is 16.2. The average molecular weight is 190 g/mol. The average Bonchev–Trinajstić information content (AvgIpc) is 2.18. The Kier molecular flexibility index (Phi) is 3.02. The van der Waals surface area contributed by atoms with Gasteiger partial charge < -0.3 is 4.90 Å². The minimum Gasteiger partial charge on any atom is -0.331 e. The lowest BCUT2D eigenvalue weighted by Gasteiger charge is -2.11. The second-order valence-electron chi connectivity index (χ2n) is 2.84. The van der Waals surface area contributed by atoms with E-state index in [4.69, 9.17) is 5.26 Å². The largest absolute Gasteiger partial charge is 0.331 e. The number of aromatic nitrogens is 1. The zero-order chi connectivity index (χ0) is 10.6. The van der Waals surface area contributed by atoms with Gasteiger partial charge in [-0.15, -0.1) is 0 Å². The third kappa shape index (κ3) is 2.20. The van der Waals surface area contributed by atoms with E-state index in [9.17, 15) is 4.79 Å². The van der Waals surface area contributed by atoms with Crippen molar-refractivity contribution in [1.29, 1.82) is 5.26 Å². The first kappa shape index (κ1) is 9.99. The Morgan fingerprint density at radius 1 is 1.64 bits per heavy atom. The van der Waals surface area contributed by atoms with Gasteiger partial charge in [0.05, 0.1) is 5.56 Å². The van der Waals surface area contributed by atoms with Crippen LogP contribution in [0.15, 0.2) is 18.3 Å². The molecule has 0 aliphatic carbocycles. The summed E-state index contributed by atoms with van der Waals surface area (Å²) in [4.78, 5) is 16.5. The summed E-state index contributed by atoms with van der Waals surface area (Å²) in [5.74, 6) is 0.286. The molecule has 1 aromatic heterocycles. The van der Waals surface area contributed by atoms with E-state index in [1.54, 1.807) is 26.2 Å². The summed E-state index contributed by atoms with van der Waals surface area (Å²) in [6.45, 7) is 0. The molecular weight excluding hydrogens is 180 g/mol. The molecule has 0 aromatic carbocycles. The molecule has 0 bridgehead atoms. The molecular formula is C9H10N4O. The van der Waals surface area contributed by atoms with Crippen LogP contribution in [0.5, 0.6) is 0 Å². The van der Waals surface area contributed by atoms with Crippen LogP contribution in [0, 0.1) is 11.3 Å². The van der Waals surface area contributed by atoms with Gasteiger partial charge in [0.15, 0.2) is 5.82 Å². The summed E-state index contributed by atoms with van der Waals surface area (Å²) < 4.78 is 0. The maximum atomic E-state index is 11.2. The molecule has 14 heavy (non-hydrogen) atoms. The van der Waals surface area contributed by atoms with Gasteiger partial charge in [-0.1, -0.05) is 0 Å². The van der Waals surface area contributed by atoms with Gasteiger partial charge >= 0.3 is 6.03 Å². The number of carbonyl (C=O) groups is 1. The standard InChI is InChI=1S/C9H10N4O/c1-13(2)9(14)12-8-7(6-10)4-3-5-11-8/h3-5H,1-2H3,(H,11,12,14). The van der Waals surface area contributed by atoms with Crippen LogP contribution < -0.4 is 5.32 Å². The number of carbonyl (C=O) groups excluding carboxylic acids is 1. The van der Waals surface area contributed by atoms with Crippen LogP contribution in [-0.4, -0.2) is 30.0 Å². The van der Waals surface area contributed by atoms with Crippen molar-refractivity contribution in [3.05, 3.63) is 23.9 Å². The van der Waals surface area contributed by atoms with Crippen molar-refractivity contribution in [1.82, 2.24) is 9.88 Å². The van der Waals surface area contributed by atoms with Gasteiger partial charge in [0, 0.05) is 20.3 Å². The topological polar surface area (TPSA) is 69.0 Å². The lowest BCUT2D eigenvalue weighted by atomic mass is 10.3. The number of pyridine rings is 1. The second-order valence-corrected chi connectivity index (χ2v) is 2.84. The predicted molar refractivity (Wildman–Crippen MR) is 51.7 cm³/mol. The molecule has 0 aliphatic rings. The van der Waals surface area contributed by atoms with Crippen LogP contribution in [-0.2, 0) is 0 Å². The van der Waals surface area contributed by atoms with Crippen molar-refractivity contribution in [3.8, 4) is 6.07 Å². The molecule has 5 nitrogen and oxygen atoms in total. The number of anilines is 1. The molecule has 5 heteroatoms. The van der Waals surface area contributed by atoms with Crippen molar-refractivity contribution in [2.75, 3.05) is 19.4 Å². The van der Waals surface area contributed by atoms with Crippen molar-refractivity contribution < 1.29 is 4.79 Å². The minimum absolute atomic E-state index is 0.286. The zero-order valence-corrected chi connectivity index (χ0v) is 7.98. The van der Waals surface area contributed by atoms with E-state index in [1.165, 1.54) is 11.1 Å². The molecule has 2 amide bonds. The number of hydrogen-bond acceptors (Lipinski definition) is 3. The number of rotatable bonds is 1. The zero-order valence-electron chi connectivity index (χ0n) is 7.98. The normalized spacial score (nSPS) is 8.93. The lowest BCUT2D eigenvalue weighted by molar-refractivity contribution is 0.230. The summed E-state index contributed by atoms with van der Waals surface area (Å²) >= 11 is 0. The molecule has 1 heterocycles. The van der Waals surface area contributed by atoms with Gasteiger partial charge in [-0.2, -0.15) is 5.26 Å². The van der Waals surface area contributed by atoms with Crippen LogP contribution >= 0.6 is 0 Å². The van der Waals surface area contributed by atoms with Crippen molar-refractivity contribution in [2.24, 2.45) is 0 Å². The summed E-state index contributed by atoms with van der Waals surface area (Å²) in [5.41, 5.74) is 0.350. The van der Waals surface area contributed by atoms with Gasteiger partial charge in [0.2, 0.25) is 0 Å². The molecule has 1 N–H and O–H groups in total. The molecule has 0 aliphatic heterocycles. The first-order valence-corrected chi connectivity index (χ1v) is 3.98. The fourth-order valence-electron chi connectivity index (χ4n) is 0.808. The Morgan fingerprint density at radius 3 is 2.93 bits per heavy atom. The molecule has 0 unspecified atom stereocenters. The number of urea groups is 1. The third-order valence-corrected chi connectivity index (χ3v) is 1.56. The first-order chi connectivity index (χ1) is 6.65. The summed E-state index contributed by atoms with van der Waals surface area (Å²) in [7, 11) is 3.23. The van der Waals surface area contributed by atoms with Crippen LogP contribution in [0.1, 0.15) is 5.56 Å². The number of nitrogens with one attached hydrogen (secondary N) is 1. The maximum Gasteiger partial charge on any atom is 0.322 e. The fraction of sp³-hybridized carbons (Fsp3) is 0.222. The Hall–Kier alpha value is -2.09. The third-order valence-electron chi connectivity index (χ3n) is 1.56. The summed E-state index contributed by atoms with van der Waals surface area (Å²) in [5, 5.41) is 11.2. The minimum atomic E-state index is -0.305. The van der Waals surface area contributed by atoms with Gasteiger partial charge in [0.1, 0.15) is 6.07 Å². The summed E-state index contributed by atoms with van der Waals surface area (Å²) in [6, 6.07) is 4.88. The van der Waals surface area contributed by atoms with E-state index < -0.39 is 0 Å².